The van der Waals surface area contributed by atoms with E-state index in [9.17, 15) is 9.59 Å². The van der Waals surface area contributed by atoms with Crippen molar-refractivity contribution in [3.05, 3.63) is 0 Å². The second kappa shape index (κ2) is 6.62. The molecule has 0 spiro atoms. The SMILES string of the molecule is CC(C)/C(=N\Br)C(=O)N[C@H](C(=O)O)C(C)C. The molecule has 0 fully saturated rings. The summed E-state index contributed by atoms with van der Waals surface area (Å²) in [6, 6.07) is -0.893. The van der Waals surface area contributed by atoms with E-state index in [1.54, 1.807) is 13.8 Å². The third-order valence-corrected chi connectivity index (χ3v) is 2.47. The molecular formula is C10H17BrN2O3. The van der Waals surface area contributed by atoms with E-state index in [0.717, 1.165) is 0 Å². The van der Waals surface area contributed by atoms with Gasteiger partial charge in [0.05, 0.1) is 16.1 Å². The number of carbonyl (C=O) groups excluding carboxylic acids is 1. The minimum Gasteiger partial charge on any atom is -0.480 e. The number of carboxylic acid groups (broad SMARTS) is 1. The third-order valence-electron chi connectivity index (χ3n) is 2.09. The molecule has 0 rings (SSSR count). The van der Waals surface area contributed by atoms with Crippen LogP contribution in [0.25, 0.3) is 0 Å². The molecule has 0 aromatic rings. The van der Waals surface area contributed by atoms with E-state index < -0.39 is 17.9 Å². The molecular weight excluding hydrogens is 276 g/mol. The molecule has 0 saturated heterocycles. The number of hydrogen-bond acceptors (Lipinski definition) is 3. The van der Waals surface area contributed by atoms with Gasteiger partial charge in [0.2, 0.25) is 0 Å². The van der Waals surface area contributed by atoms with Crippen molar-refractivity contribution in [2.24, 2.45) is 15.9 Å². The molecule has 1 atom stereocenters. The Kier molecular flexibility index (Phi) is 6.25. The molecule has 2 N–H and O–H groups in total. The summed E-state index contributed by atoms with van der Waals surface area (Å²) < 4.78 is 3.68. The van der Waals surface area contributed by atoms with Crippen molar-refractivity contribution in [2.75, 3.05) is 0 Å². The third kappa shape index (κ3) is 4.30. The van der Waals surface area contributed by atoms with Gasteiger partial charge in [-0.25, -0.2) is 8.81 Å². The van der Waals surface area contributed by atoms with Crippen LogP contribution in [0.15, 0.2) is 4.02 Å². The lowest BCUT2D eigenvalue weighted by Gasteiger charge is -2.19. The molecule has 0 bridgehead atoms. The summed E-state index contributed by atoms with van der Waals surface area (Å²) in [5.41, 5.74) is 0.284. The van der Waals surface area contributed by atoms with Gasteiger partial charge in [0.1, 0.15) is 11.8 Å². The number of amides is 1. The van der Waals surface area contributed by atoms with Crippen LogP contribution in [0.3, 0.4) is 0 Å². The summed E-state index contributed by atoms with van der Waals surface area (Å²) in [5, 5.41) is 11.4. The topological polar surface area (TPSA) is 78.8 Å². The number of nitrogens with one attached hydrogen (secondary N) is 1. The Morgan fingerprint density at radius 1 is 1.25 bits per heavy atom. The number of carboxylic acids is 1. The minimum atomic E-state index is -1.04. The van der Waals surface area contributed by atoms with Gasteiger partial charge in [-0.3, -0.25) is 4.79 Å². The second-order valence-corrected chi connectivity index (χ2v) is 4.51. The first-order valence-corrected chi connectivity index (χ1v) is 5.74. The molecule has 0 aromatic carbocycles. The van der Waals surface area contributed by atoms with Gasteiger partial charge in [0.25, 0.3) is 5.91 Å². The van der Waals surface area contributed by atoms with Gasteiger partial charge >= 0.3 is 5.97 Å². The number of carbonyl (C=O) groups is 2. The maximum Gasteiger partial charge on any atom is 0.326 e. The molecule has 0 aliphatic rings. The molecule has 92 valence electrons. The van der Waals surface area contributed by atoms with E-state index in [4.69, 9.17) is 5.11 Å². The summed E-state index contributed by atoms with van der Waals surface area (Å²) in [7, 11) is 0. The Labute approximate surface area is 104 Å². The predicted octanol–water partition coefficient (Wildman–Crippen LogP) is 1.62. The van der Waals surface area contributed by atoms with Crippen LogP contribution in [0.1, 0.15) is 27.7 Å². The fourth-order valence-electron chi connectivity index (χ4n) is 1.13. The lowest BCUT2D eigenvalue weighted by Crippen LogP contribution is -2.47. The lowest BCUT2D eigenvalue weighted by atomic mass is 10.0. The molecule has 0 saturated carbocycles. The summed E-state index contributed by atoms with van der Waals surface area (Å²) in [6.45, 7) is 7.09. The smallest absolute Gasteiger partial charge is 0.326 e. The molecule has 5 nitrogen and oxygen atoms in total. The first-order chi connectivity index (χ1) is 7.31. The van der Waals surface area contributed by atoms with E-state index in [1.165, 1.54) is 0 Å². The molecule has 0 radical (unpaired) electrons. The fourth-order valence-corrected chi connectivity index (χ4v) is 1.70. The standard InChI is InChI=1S/C10H17BrN2O3/c1-5(2)7(13-11)9(14)12-8(6(3)4)10(15)16/h5-6,8H,1-4H3,(H,12,14)(H,15,16)/b13-7+/t8-/m0/s1. The van der Waals surface area contributed by atoms with Crippen molar-refractivity contribution in [1.29, 1.82) is 0 Å². The van der Waals surface area contributed by atoms with E-state index >= 15 is 0 Å². The Morgan fingerprint density at radius 2 is 1.75 bits per heavy atom. The highest BCUT2D eigenvalue weighted by Crippen LogP contribution is 2.05. The Bertz CT molecular complexity index is 300. The number of aliphatic carboxylic acids is 1. The zero-order valence-electron chi connectivity index (χ0n) is 9.82. The van der Waals surface area contributed by atoms with Crippen LogP contribution < -0.4 is 5.32 Å². The van der Waals surface area contributed by atoms with Crippen LogP contribution in [0, 0.1) is 11.8 Å². The Hall–Kier alpha value is -0.910. The van der Waals surface area contributed by atoms with Crippen molar-refractivity contribution in [2.45, 2.75) is 33.7 Å². The molecule has 1 amide bonds. The molecule has 0 heterocycles. The van der Waals surface area contributed by atoms with Crippen LogP contribution in [0.4, 0.5) is 0 Å². The molecule has 6 heteroatoms. The second-order valence-electron chi connectivity index (χ2n) is 4.16. The average Bonchev–Trinajstić information content (AvgIpc) is 2.13. The van der Waals surface area contributed by atoms with Gasteiger partial charge < -0.3 is 10.4 Å². The van der Waals surface area contributed by atoms with Gasteiger partial charge in [-0.2, -0.15) is 0 Å². The summed E-state index contributed by atoms with van der Waals surface area (Å²) >= 11 is 2.86. The highest BCUT2D eigenvalue weighted by atomic mass is 79.9. The van der Waals surface area contributed by atoms with Gasteiger partial charge in [0, 0.05) is 5.92 Å². The Balaban J connectivity index is 4.71. The summed E-state index contributed by atoms with van der Waals surface area (Å²) in [6.07, 6.45) is 0. The largest absolute Gasteiger partial charge is 0.480 e. The van der Waals surface area contributed by atoms with Crippen molar-refractivity contribution < 1.29 is 14.7 Å². The van der Waals surface area contributed by atoms with Gasteiger partial charge in [0.15, 0.2) is 0 Å². The quantitative estimate of drug-likeness (QED) is 0.756. The van der Waals surface area contributed by atoms with Crippen molar-refractivity contribution in [1.82, 2.24) is 5.32 Å². The minimum absolute atomic E-state index is 0.0685. The summed E-state index contributed by atoms with van der Waals surface area (Å²) in [4.78, 5) is 22.6. The first kappa shape index (κ1) is 15.1. The number of nitrogens with zero attached hydrogens (tertiary/aromatic N) is 1. The highest BCUT2D eigenvalue weighted by molar-refractivity contribution is 9.08. The van der Waals surface area contributed by atoms with Gasteiger partial charge in [-0.15, -0.1) is 0 Å². The average molecular weight is 293 g/mol. The van der Waals surface area contributed by atoms with Crippen molar-refractivity contribution >= 4 is 33.7 Å². The molecule has 0 unspecified atom stereocenters. The molecule has 0 aliphatic carbocycles. The number of rotatable bonds is 5. The monoisotopic (exact) mass is 292 g/mol. The number of hydrogen-bond donors (Lipinski definition) is 2. The lowest BCUT2D eigenvalue weighted by molar-refractivity contribution is -0.142. The zero-order valence-corrected chi connectivity index (χ0v) is 11.4. The van der Waals surface area contributed by atoms with E-state index in [1.807, 2.05) is 13.8 Å². The highest BCUT2D eigenvalue weighted by Gasteiger charge is 2.26. The van der Waals surface area contributed by atoms with Crippen LogP contribution in [-0.2, 0) is 9.59 Å². The van der Waals surface area contributed by atoms with Gasteiger partial charge in [-0.1, -0.05) is 27.7 Å². The fraction of sp³-hybridized carbons (Fsp3) is 0.700. The van der Waals surface area contributed by atoms with Crippen LogP contribution >= 0.6 is 16.1 Å². The van der Waals surface area contributed by atoms with Crippen LogP contribution in [0.2, 0.25) is 0 Å². The zero-order chi connectivity index (χ0) is 12.9. The van der Waals surface area contributed by atoms with Gasteiger partial charge in [-0.05, 0) is 5.92 Å². The van der Waals surface area contributed by atoms with Crippen LogP contribution in [-0.4, -0.2) is 28.7 Å². The maximum atomic E-state index is 11.7. The molecule has 16 heavy (non-hydrogen) atoms. The number of halogens is 1. The van der Waals surface area contributed by atoms with E-state index in [2.05, 4.69) is 25.5 Å². The van der Waals surface area contributed by atoms with E-state index in [0.29, 0.717) is 0 Å². The molecule has 0 aromatic heterocycles. The first-order valence-electron chi connectivity index (χ1n) is 5.03. The molecule has 0 aliphatic heterocycles. The van der Waals surface area contributed by atoms with Crippen molar-refractivity contribution in [3.63, 3.8) is 0 Å². The van der Waals surface area contributed by atoms with Crippen molar-refractivity contribution in [3.8, 4) is 0 Å². The normalized spacial score (nSPS) is 14.1. The summed E-state index contributed by atoms with van der Waals surface area (Å²) in [5.74, 6) is -1.74. The van der Waals surface area contributed by atoms with E-state index in [-0.39, 0.29) is 17.5 Å². The maximum absolute atomic E-state index is 11.7. The predicted molar refractivity (Wildman–Crippen MR) is 65.6 cm³/mol. The Morgan fingerprint density at radius 3 is 2.00 bits per heavy atom. The van der Waals surface area contributed by atoms with Crippen LogP contribution in [0.5, 0.6) is 0 Å².